The highest BCUT2D eigenvalue weighted by atomic mass is 35.5. The number of carbonyl (C=O) groups is 1. The maximum atomic E-state index is 12.8. The van der Waals surface area contributed by atoms with Crippen molar-refractivity contribution in [2.24, 2.45) is 11.8 Å². The number of benzene rings is 1. The highest BCUT2D eigenvalue weighted by Crippen LogP contribution is 2.30. The Labute approximate surface area is 118 Å². The van der Waals surface area contributed by atoms with Gasteiger partial charge in [0.1, 0.15) is 5.82 Å². The van der Waals surface area contributed by atoms with Crippen molar-refractivity contribution in [2.45, 2.75) is 25.7 Å². The Morgan fingerprint density at radius 3 is 2.47 bits per heavy atom. The normalized spacial score (nSPS) is 23.1. The minimum absolute atomic E-state index is 0.140. The molecule has 1 aliphatic rings. The first-order chi connectivity index (χ1) is 9.20. The SMILES string of the molecule is O=C(NCC1CCCCC1CCl)c1ccc(F)cc1. The van der Waals surface area contributed by atoms with Crippen LogP contribution in [0.2, 0.25) is 0 Å². The summed E-state index contributed by atoms with van der Waals surface area (Å²) in [5.74, 6) is 1.17. The molecule has 104 valence electrons. The predicted molar refractivity (Wildman–Crippen MR) is 74.9 cm³/mol. The number of halogens is 2. The van der Waals surface area contributed by atoms with Crippen molar-refractivity contribution in [3.63, 3.8) is 0 Å². The lowest BCUT2D eigenvalue weighted by Gasteiger charge is -2.30. The zero-order valence-electron chi connectivity index (χ0n) is 10.9. The first-order valence-electron chi connectivity index (χ1n) is 6.80. The van der Waals surface area contributed by atoms with Crippen LogP contribution < -0.4 is 5.32 Å². The summed E-state index contributed by atoms with van der Waals surface area (Å²) in [4.78, 5) is 11.9. The van der Waals surface area contributed by atoms with E-state index in [1.54, 1.807) is 0 Å². The fraction of sp³-hybridized carbons (Fsp3) is 0.533. The lowest BCUT2D eigenvalue weighted by Crippen LogP contribution is -2.34. The molecule has 0 spiro atoms. The van der Waals surface area contributed by atoms with E-state index in [2.05, 4.69) is 5.32 Å². The molecule has 0 aromatic heterocycles. The molecule has 1 N–H and O–H groups in total. The molecule has 0 heterocycles. The van der Waals surface area contributed by atoms with Crippen LogP contribution in [-0.2, 0) is 0 Å². The topological polar surface area (TPSA) is 29.1 Å². The Bertz CT molecular complexity index is 421. The minimum atomic E-state index is -0.328. The molecule has 1 aromatic rings. The molecule has 0 radical (unpaired) electrons. The summed E-state index contributed by atoms with van der Waals surface area (Å²) < 4.78 is 12.8. The fourth-order valence-electron chi connectivity index (χ4n) is 2.68. The van der Waals surface area contributed by atoms with Crippen molar-refractivity contribution in [2.75, 3.05) is 12.4 Å². The van der Waals surface area contributed by atoms with E-state index in [1.807, 2.05) is 0 Å². The summed E-state index contributed by atoms with van der Waals surface area (Å²) in [6.45, 7) is 0.660. The first-order valence-corrected chi connectivity index (χ1v) is 7.34. The van der Waals surface area contributed by atoms with Gasteiger partial charge in [0, 0.05) is 18.0 Å². The van der Waals surface area contributed by atoms with Gasteiger partial charge in [-0.25, -0.2) is 4.39 Å². The van der Waals surface area contributed by atoms with Gasteiger partial charge >= 0.3 is 0 Å². The average molecular weight is 284 g/mol. The third-order valence-electron chi connectivity index (χ3n) is 3.90. The van der Waals surface area contributed by atoms with Crippen LogP contribution in [0.5, 0.6) is 0 Å². The van der Waals surface area contributed by atoms with Crippen LogP contribution >= 0.6 is 11.6 Å². The second-order valence-corrected chi connectivity index (χ2v) is 5.48. The summed E-state index contributed by atoms with van der Waals surface area (Å²) in [5, 5.41) is 2.93. The van der Waals surface area contributed by atoms with Crippen LogP contribution in [0.25, 0.3) is 0 Å². The smallest absolute Gasteiger partial charge is 0.251 e. The molecule has 2 atom stereocenters. The van der Waals surface area contributed by atoms with E-state index in [9.17, 15) is 9.18 Å². The zero-order valence-corrected chi connectivity index (χ0v) is 11.6. The standard InChI is InChI=1S/C15H19ClFNO/c16-9-12-3-1-2-4-13(12)10-18-15(19)11-5-7-14(17)8-6-11/h5-8,12-13H,1-4,9-10H2,(H,18,19). The van der Waals surface area contributed by atoms with Crippen LogP contribution in [-0.4, -0.2) is 18.3 Å². The Hall–Kier alpha value is -1.09. The second kappa shape index (κ2) is 6.90. The molecule has 0 aliphatic heterocycles. The lowest BCUT2D eigenvalue weighted by atomic mass is 9.80. The molecule has 1 amide bonds. The third-order valence-corrected chi connectivity index (χ3v) is 4.29. The van der Waals surface area contributed by atoms with Crippen LogP contribution in [0.15, 0.2) is 24.3 Å². The maximum absolute atomic E-state index is 12.8. The van der Waals surface area contributed by atoms with Gasteiger partial charge in [-0.05, 0) is 48.9 Å². The van der Waals surface area contributed by atoms with Gasteiger partial charge in [0.25, 0.3) is 5.91 Å². The quantitative estimate of drug-likeness (QED) is 0.841. The van der Waals surface area contributed by atoms with E-state index in [1.165, 1.54) is 37.1 Å². The molecule has 2 nitrogen and oxygen atoms in total. The molecule has 4 heteroatoms. The first kappa shape index (κ1) is 14.3. The number of hydrogen-bond donors (Lipinski definition) is 1. The van der Waals surface area contributed by atoms with Gasteiger partial charge in [-0.3, -0.25) is 4.79 Å². The third kappa shape index (κ3) is 3.93. The highest BCUT2D eigenvalue weighted by molar-refractivity contribution is 6.18. The zero-order chi connectivity index (χ0) is 13.7. The molecule has 1 fully saturated rings. The van der Waals surface area contributed by atoms with Crippen LogP contribution in [0.1, 0.15) is 36.0 Å². The Morgan fingerprint density at radius 1 is 1.21 bits per heavy atom. The van der Waals surface area contributed by atoms with Crippen LogP contribution in [0, 0.1) is 17.7 Å². The molecular weight excluding hydrogens is 265 g/mol. The van der Waals surface area contributed by atoms with E-state index in [0.29, 0.717) is 29.8 Å². The van der Waals surface area contributed by atoms with Crippen molar-refractivity contribution >= 4 is 17.5 Å². The molecule has 0 bridgehead atoms. The second-order valence-electron chi connectivity index (χ2n) is 5.18. The monoisotopic (exact) mass is 283 g/mol. The van der Waals surface area contributed by atoms with Crippen molar-refractivity contribution in [3.8, 4) is 0 Å². The summed E-state index contributed by atoms with van der Waals surface area (Å²) in [6, 6.07) is 5.61. The van der Waals surface area contributed by atoms with E-state index >= 15 is 0 Å². The molecule has 1 aliphatic carbocycles. The largest absolute Gasteiger partial charge is 0.352 e. The number of rotatable bonds is 4. The van der Waals surface area contributed by atoms with Gasteiger partial charge in [0.15, 0.2) is 0 Å². The highest BCUT2D eigenvalue weighted by Gasteiger charge is 2.24. The van der Waals surface area contributed by atoms with E-state index in [0.717, 1.165) is 12.8 Å². The van der Waals surface area contributed by atoms with E-state index in [4.69, 9.17) is 11.6 Å². The molecule has 19 heavy (non-hydrogen) atoms. The molecule has 2 unspecified atom stereocenters. The summed E-state index contributed by atoms with van der Waals surface area (Å²) in [6.07, 6.45) is 4.73. The fourth-order valence-corrected chi connectivity index (χ4v) is 3.09. The molecule has 2 rings (SSSR count). The van der Waals surface area contributed by atoms with Gasteiger partial charge < -0.3 is 5.32 Å². The van der Waals surface area contributed by atoms with Crippen molar-refractivity contribution in [1.29, 1.82) is 0 Å². The van der Waals surface area contributed by atoms with Crippen molar-refractivity contribution in [1.82, 2.24) is 5.32 Å². The van der Waals surface area contributed by atoms with Gasteiger partial charge in [-0.1, -0.05) is 12.8 Å². The number of nitrogens with one attached hydrogen (secondary N) is 1. The van der Waals surface area contributed by atoms with Crippen LogP contribution in [0.4, 0.5) is 4.39 Å². The van der Waals surface area contributed by atoms with Gasteiger partial charge in [-0.2, -0.15) is 0 Å². The predicted octanol–water partition coefficient (Wildman–Crippen LogP) is 3.60. The Morgan fingerprint density at radius 2 is 1.84 bits per heavy atom. The molecule has 1 aromatic carbocycles. The van der Waals surface area contributed by atoms with Crippen LogP contribution in [0.3, 0.4) is 0 Å². The Kier molecular flexibility index (Phi) is 5.20. The number of carbonyl (C=O) groups excluding carboxylic acids is 1. The minimum Gasteiger partial charge on any atom is -0.352 e. The number of alkyl halides is 1. The lowest BCUT2D eigenvalue weighted by molar-refractivity contribution is 0.0936. The number of amides is 1. The summed E-state index contributed by atoms with van der Waals surface area (Å²) in [7, 11) is 0. The summed E-state index contributed by atoms with van der Waals surface area (Å²) >= 11 is 5.97. The number of hydrogen-bond acceptors (Lipinski definition) is 1. The van der Waals surface area contributed by atoms with E-state index < -0.39 is 0 Å². The van der Waals surface area contributed by atoms with Crippen molar-refractivity contribution < 1.29 is 9.18 Å². The van der Waals surface area contributed by atoms with Gasteiger partial charge in [0.05, 0.1) is 0 Å². The Balaban J connectivity index is 1.87. The van der Waals surface area contributed by atoms with Gasteiger partial charge in [0.2, 0.25) is 0 Å². The average Bonchev–Trinajstić information content (AvgIpc) is 2.45. The molecule has 0 saturated heterocycles. The van der Waals surface area contributed by atoms with E-state index in [-0.39, 0.29) is 11.7 Å². The molecule has 1 saturated carbocycles. The molecular formula is C15H19ClFNO. The summed E-state index contributed by atoms with van der Waals surface area (Å²) in [5.41, 5.74) is 0.500. The van der Waals surface area contributed by atoms with Gasteiger partial charge in [-0.15, -0.1) is 11.6 Å². The van der Waals surface area contributed by atoms with Crippen molar-refractivity contribution in [3.05, 3.63) is 35.6 Å². The maximum Gasteiger partial charge on any atom is 0.251 e.